The van der Waals surface area contributed by atoms with E-state index in [1.54, 1.807) is 0 Å². The number of hydrogen-bond donors (Lipinski definition) is 1. The van der Waals surface area contributed by atoms with Gasteiger partial charge in [-0.3, -0.25) is 9.88 Å². The Bertz CT molecular complexity index is 589. The van der Waals surface area contributed by atoms with Gasteiger partial charge in [-0.2, -0.15) is 0 Å². The first-order chi connectivity index (χ1) is 9.13. The zero-order valence-corrected chi connectivity index (χ0v) is 12.9. The van der Waals surface area contributed by atoms with Gasteiger partial charge in [-0.25, -0.2) is 0 Å². The Morgan fingerprint density at radius 2 is 2.05 bits per heavy atom. The number of aryl methyl sites for hydroxylation is 1. The third-order valence-electron chi connectivity index (χ3n) is 4.07. The number of benzene rings is 1. The first-order valence-corrected chi connectivity index (χ1v) is 6.96. The van der Waals surface area contributed by atoms with Gasteiger partial charge in [-0.05, 0) is 30.5 Å². The lowest BCUT2D eigenvalue weighted by atomic mass is 10.1. The van der Waals surface area contributed by atoms with E-state index in [0.29, 0.717) is 12.0 Å². The number of para-hydroxylation sites is 1. The number of aromatic nitrogens is 1. The number of nitrogens with two attached hydrogens (primary N) is 1. The Hall–Kier alpha value is -1.16. The van der Waals surface area contributed by atoms with Crippen molar-refractivity contribution in [1.82, 2.24) is 9.88 Å². The molecule has 2 N–H and O–H groups in total. The van der Waals surface area contributed by atoms with Crippen LogP contribution in [0.1, 0.15) is 18.2 Å². The smallest absolute Gasteiger partial charge is 0.0708 e. The molecule has 2 unspecified atom stereocenters. The van der Waals surface area contributed by atoms with Gasteiger partial charge in [0.1, 0.15) is 0 Å². The second-order valence-electron chi connectivity index (χ2n) is 5.78. The minimum Gasteiger partial charge on any atom is -0.326 e. The molecule has 1 aliphatic rings. The van der Waals surface area contributed by atoms with Crippen LogP contribution in [0.15, 0.2) is 30.3 Å². The van der Waals surface area contributed by atoms with Crippen molar-refractivity contribution in [3.05, 3.63) is 41.6 Å². The number of nitrogens with zero attached hydrogens (tertiary/aromatic N) is 2. The minimum absolute atomic E-state index is 0. The van der Waals surface area contributed by atoms with Crippen molar-refractivity contribution in [3.8, 4) is 0 Å². The normalized spacial score (nSPS) is 22.9. The van der Waals surface area contributed by atoms with Crippen molar-refractivity contribution in [3.63, 3.8) is 0 Å². The zero-order valence-electron chi connectivity index (χ0n) is 12.0. The summed E-state index contributed by atoms with van der Waals surface area (Å²) in [7, 11) is 0. The highest BCUT2D eigenvalue weighted by atomic mass is 35.5. The topological polar surface area (TPSA) is 42.1 Å². The molecule has 2 heterocycles. The van der Waals surface area contributed by atoms with E-state index in [9.17, 15) is 0 Å². The van der Waals surface area contributed by atoms with E-state index < -0.39 is 0 Å². The Balaban J connectivity index is 0.00000147. The molecule has 2 atom stereocenters. The van der Waals surface area contributed by atoms with Crippen LogP contribution >= 0.6 is 12.4 Å². The van der Waals surface area contributed by atoms with E-state index in [1.165, 1.54) is 10.9 Å². The monoisotopic (exact) mass is 291 g/mol. The van der Waals surface area contributed by atoms with Gasteiger partial charge < -0.3 is 5.73 Å². The molecule has 0 bridgehead atoms. The highest BCUT2D eigenvalue weighted by molar-refractivity contribution is 5.85. The van der Waals surface area contributed by atoms with Crippen molar-refractivity contribution < 1.29 is 0 Å². The first-order valence-electron chi connectivity index (χ1n) is 6.96. The summed E-state index contributed by atoms with van der Waals surface area (Å²) in [6.45, 7) is 7.37. The summed E-state index contributed by atoms with van der Waals surface area (Å²) in [6, 6.07) is 10.9. The quantitative estimate of drug-likeness (QED) is 0.925. The van der Waals surface area contributed by atoms with Crippen LogP contribution in [0.25, 0.3) is 10.9 Å². The molecule has 0 saturated carbocycles. The summed E-state index contributed by atoms with van der Waals surface area (Å²) >= 11 is 0. The Labute approximate surface area is 126 Å². The van der Waals surface area contributed by atoms with Gasteiger partial charge in [-0.15, -0.1) is 12.4 Å². The van der Waals surface area contributed by atoms with Crippen LogP contribution in [0.4, 0.5) is 0 Å². The van der Waals surface area contributed by atoms with Crippen molar-refractivity contribution in [2.45, 2.75) is 26.4 Å². The average molecular weight is 292 g/mol. The zero-order chi connectivity index (χ0) is 13.4. The highest BCUT2D eigenvalue weighted by Crippen LogP contribution is 2.23. The molecule has 108 valence electrons. The number of halogens is 1. The van der Waals surface area contributed by atoms with E-state index in [4.69, 9.17) is 5.73 Å². The summed E-state index contributed by atoms with van der Waals surface area (Å²) in [5.41, 5.74) is 9.66. The molecule has 0 spiro atoms. The summed E-state index contributed by atoms with van der Waals surface area (Å²) in [5, 5.41) is 1.27. The second kappa shape index (κ2) is 6.08. The second-order valence-corrected chi connectivity index (χ2v) is 5.78. The Morgan fingerprint density at radius 3 is 2.75 bits per heavy atom. The van der Waals surface area contributed by atoms with Gasteiger partial charge in [0.15, 0.2) is 0 Å². The third-order valence-corrected chi connectivity index (χ3v) is 4.07. The first kappa shape index (κ1) is 15.2. The van der Waals surface area contributed by atoms with E-state index >= 15 is 0 Å². The molecule has 0 aliphatic carbocycles. The fraction of sp³-hybridized carbons (Fsp3) is 0.438. The molecular formula is C16H22ClN3. The van der Waals surface area contributed by atoms with Crippen molar-refractivity contribution >= 4 is 23.3 Å². The fourth-order valence-corrected chi connectivity index (χ4v) is 2.99. The van der Waals surface area contributed by atoms with Crippen LogP contribution in [-0.2, 0) is 6.54 Å². The summed E-state index contributed by atoms with van der Waals surface area (Å²) in [6.07, 6.45) is 0. The lowest BCUT2D eigenvalue weighted by Crippen LogP contribution is -2.28. The highest BCUT2D eigenvalue weighted by Gasteiger charge is 2.26. The molecule has 3 nitrogen and oxygen atoms in total. The van der Waals surface area contributed by atoms with E-state index in [0.717, 1.165) is 30.8 Å². The fourth-order valence-electron chi connectivity index (χ4n) is 2.99. The number of pyridine rings is 1. The van der Waals surface area contributed by atoms with Crippen LogP contribution in [0.3, 0.4) is 0 Å². The maximum atomic E-state index is 6.11. The Morgan fingerprint density at radius 1 is 1.30 bits per heavy atom. The summed E-state index contributed by atoms with van der Waals surface area (Å²) < 4.78 is 0. The number of rotatable bonds is 2. The molecule has 3 rings (SSSR count). The average Bonchev–Trinajstić information content (AvgIpc) is 2.68. The van der Waals surface area contributed by atoms with Gasteiger partial charge >= 0.3 is 0 Å². The maximum Gasteiger partial charge on any atom is 0.0708 e. The van der Waals surface area contributed by atoms with Crippen molar-refractivity contribution in [2.24, 2.45) is 11.7 Å². The molecule has 0 radical (unpaired) electrons. The lowest BCUT2D eigenvalue weighted by molar-refractivity contribution is 0.320. The van der Waals surface area contributed by atoms with Crippen LogP contribution in [0.5, 0.6) is 0 Å². The number of likely N-dealkylation sites (tertiary alicyclic amines) is 1. The number of fused-ring (bicyclic) bond motifs is 1. The molecular weight excluding hydrogens is 270 g/mol. The largest absolute Gasteiger partial charge is 0.326 e. The molecule has 20 heavy (non-hydrogen) atoms. The molecule has 2 aromatic rings. The molecule has 1 aromatic carbocycles. The van der Waals surface area contributed by atoms with Gasteiger partial charge in [-0.1, -0.05) is 25.1 Å². The Kier molecular flexibility index (Phi) is 4.63. The van der Waals surface area contributed by atoms with E-state index in [-0.39, 0.29) is 12.4 Å². The molecule has 4 heteroatoms. The summed E-state index contributed by atoms with van der Waals surface area (Å²) in [5.74, 6) is 0.592. The van der Waals surface area contributed by atoms with Crippen LogP contribution in [-0.4, -0.2) is 29.0 Å². The van der Waals surface area contributed by atoms with Gasteiger partial charge in [0, 0.05) is 36.8 Å². The lowest BCUT2D eigenvalue weighted by Gasteiger charge is -2.17. The predicted molar refractivity (Wildman–Crippen MR) is 86.1 cm³/mol. The van der Waals surface area contributed by atoms with Gasteiger partial charge in [0.05, 0.1) is 5.52 Å². The van der Waals surface area contributed by atoms with Crippen LogP contribution < -0.4 is 5.73 Å². The van der Waals surface area contributed by atoms with Crippen LogP contribution in [0, 0.1) is 12.8 Å². The van der Waals surface area contributed by atoms with Crippen molar-refractivity contribution in [2.75, 3.05) is 13.1 Å². The molecule has 1 fully saturated rings. The molecule has 1 aromatic heterocycles. The molecule has 1 saturated heterocycles. The van der Waals surface area contributed by atoms with Crippen LogP contribution in [0.2, 0.25) is 0 Å². The third kappa shape index (κ3) is 2.95. The molecule has 0 amide bonds. The van der Waals surface area contributed by atoms with Crippen molar-refractivity contribution in [1.29, 1.82) is 0 Å². The summed E-state index contributed by atoms with van der Waals surface area (Å²) in [4.78, 5) is 7.05. The predicted octanol–water partition coefficient (Wildman–Crippen LogP) is 2.74. The molecule has 1 aliphatic heterocycles. The van der Waals surface area contributed by atoms with E-state index in [2.05, 4.69) is 48.0 Å². The van der Waals surface area contributed by atoms with Gasteiger partial charge in [0.2, 0.25) is 0 Å². The minimum atomic E-state index is 0. The van der Waals surface area contributed by atoms with Gasteiger partial charge in [0.25, 0.3) is 0 Å². The van der Waals surface area contributed by atoms with E-state index in [1.807, 2.05) is 6.07 Å². The standard InChI is InChI=1S/C16H21N3.ClH/c1-11-8-19(10-15(11)17)9-13-7-12(2)18-16-6-4-3-5-14(13)16;/h3-7,11,15H,8-10,17H2,1-2H3;1H. The SMILES string of the molecule is Cc1cc(CN2CC(C)C(N)C2)c2ccccc2n1.Cl. The maximum absolute atomic E-state index is 6.11. The number of hydrogen-bond acceptors (Lipinski definition) is 3.